The largest absolute Gasteiger partial charge is 0.338 e. The summed E-state index contributed by atoms with van der Waals surface area (Å²) in [5.74, 6) is 0.549. The summed E-state index contributed by atoms with van der Waals surface area (Å²) in [5, 5.41) is 4.35. The Morgan fingerprint density at radius 2 is 1.77 bits per heavy atom. The van der Waals surface area contributed by atoms with Crippen molar-refractivity contribution in [2.75, 3.05) is 5.75 Å². The number of nitrogens with zero attached hydrogens (tertiary/aromatic N) is 2. The highest BCUT2D eigenvalue weighted by atomic mass is 35.5. The maximum Gasteiger partial charge on any atom is 0.242 e. The molecule has 1 heterocycles. The van der Waals surface area contributed by atoms with Crippen LogP contribution in [0.1, 0.15) is 17.9 Å². The predicted octanol–water partition coefficient (Wildman–Crippen LogP) is 3.44. The minimum atomic E-state index is -3.42. The van der Waals surface area contributed by atoms with E-state index in [-0.39, 0.29) is 18.2 Å². The Bertz CT molecular complexity index is 959. The van der Waals surface area contributed by atoms with Crippen LogP contribution in [0.3, 0.4) is 0 Å². The fourth-order valence-corrected chi connectivity index (χ4v) is 3.67. The van der Waals surface area contributed by atoms with Crippen LogP contribution < -0.4 is 4.72 Å². The summed E-state index contributed by atoms with van der Waals surface area (Å²) < 4.78 is 31.8. The number of hydrogen-bond acceptors (Lipinski definition) is 5. The van der Waals surface area contributed by atoms with Gasteiger partial charge in [0, 0.05) is 5.56 Å². The molecule has 0 aliphatic heterocycles. The van der Waals surface area contributed by atoms with Gasteiger partial charge in [0.1, 0.15) is 0 Å². The lowest BCUT2D eigenvalue weighted by molar-refractivity contribution is 0.376. The van der Waals surface area contributed by atoms with Crippen molar-refractivity contribution in [1.29, 1.82) is 0 Å². The van der Waals surface area contributed by atoms with Crippen LogP contribution in [0.4, 0.5) is 0 Å². The molecular weight excluding hydrogens is 374 g/mol. The van der Waals surface area contributed by atoms with Gasteiger partial charge >= 0.3 is 0 Å². The number of rotatable bonds is 8. The lowest BCUT2D eigenvalue weighted by Crippen LogP contribution is -2.26. The molecule has 8 heteroatoms. The number of aryl methyl sites for hydroxylation is 1. The predicted molar refractivity (Wildman–Crippen MR) is 100 cm³/mol. The summed E-state index contributed by atoms with van der Waals surface area (Å²) in [7, 11) is -3.42. The molecule has 0 saturated carbocycles. The van der Waals surface area contributed by atoms with Crippen LogP contribution in [-0.2, 0) is 23.0 Å². The first-order valence-corrected chi connectivity index (χ1v) is 10.2. The smallest absolute Gasteiger partial charge is 0.242 e. The molecule has 2 aromatic carbocycles. The van der Waals surface area contributed by atoms with Crippen molar-refractivity contribution in [3.63, 3.8) is 0 Å². The molecule has 1 aromatic heterocycles. The first-order chi connectivity index (χ1) is 12.5. The van der Waals surface area contributed by atoms with Gasteiger partial charge in [0.05, 0.1) is 17.3 Å². The molecule has 0 aliphatic carbocycles. The van der Waals surface area contributed by atoms with E-state index in [9.17, 15) is 8.42 Å². The van der Waals surface area contributed by atoms with Crippen molar-refractivity contribution in [3.05, 3.63) is 71.1 Å². The van der Waals surface area contributed by atoms with E-state index in [0.717, 1.165) is 5.56 Å². The number of hydrogen-bond donors (Lipinski definition) is 1. The Kier molecular flexibility index (Phi) is 6.03. The first kappa shape index (κ1) is 18.6. The molecule has 3 rings (SSSR count). The van der Waals surface area contributed by atoms with E-state index in [0.29, 0.717) is 29.3 Å². The number of halogens is 1. The summed E-state index contributed by atoms with van der Waals surface area (Å²) in [5.41, 5.74) is 1.75. The highest BCUT2D eigenvalue weighted by molar-refractivity contribution is 7.89. The van der Waals surface area contributed by atoms with Gasteiger partial charge in [0.2, 0.25) is 21.7 Å². The van der Waals surface area contributed by atoms with Crippen molar-refractivity contribution in [2.45, 2.75) is 19.4 Å². The molecule has 0 amide bonds. The van der Waals surface area contributed by atoms with Crippen molar-refractivity contribution in [2.24, 2.45) is 0 Å². The average molecular weight is 392 g/mol. The van der Waals surface area contributed by atoms with Gasteiger partial charge in [-0.05, 0) is 30.5 Å². The molecule has 3 aromatic rings. The van der Waals surface area contributed by atoms with E-state index >= 15 is 0 Å². The maximum absolute atomic E-state index is 12.1. The Labute approximate surface area is 157 Å². The monoisotopic (exact) mass is 391 g/mol. The molecule has 1 N–H and O–H groups in total. The first-order valence-electron chi connectivity index (χ1n) is 8.12. The van der Waals surface area contributed by atoms with Gasteiger partial charge in [-0.1, -0.05) is 59.2 Å². The molecule has 0 aliphatic rings. The molecule has 0 spiro atoms. The molecule has 0 bridgehead atoms. The zero-order valence-corrected chi connectivity index (χ0v) is 15.5. The third-order valence-corrected chi connectivity index (χ3v) is 5.49. The number of benzene rings is 2. The van der Waals surface area contributed by atoms with Crippen molar-refractivity contribution in [3.8, 4) is 11.4 Å². The number of sulfonamides is 1. The van der Waals surface area contributed by atoms with Crippen LogP contribution in [0.2, 0.25) is 5.02 Å². The molecule has 0 unspecified atom stereocenters. The molecule has 0 fully saturated rings. The second-order valence-corrected chi connectivity index (χ2v) is 8.05. The molecule has 0 atom stereocenters. The second kappa shape index (κ2) is 8.44. The summed E-state index contributed by atoms with van der Waals surface area (Å²) >= 11 is 6.09. The maximum atomic E-state index is 12.1. The molecule has 26 heavy (non-hydrogen) atoms. The van der Waals surface area contributed by atoms with Crippen molar-refractivity contribution >= 4 is 21.6 Å². The van der Waals surface area contributed by atoms with Gasteiger partial charge in [-0.3, -0.25) is 0 Å². The van der Waals surface area contributed by atoms with E-state index in [2.05, 4.69) is 14.9 Å². The topological polar surface area (TPSA) is 85.1 Å². The quantitative estimate of drug-likeness (QED) is 0.635. The minimum absolute atomic E-state index is 0.0351. The summed E-state index contributed by atoms with van der Waals surface area (Å²) in [6.45, 7) is -0.0505. The summed E-state index contributed by atoms with van der Waals surface area (Å²) in [4.78, 5) is 4.18. The normalized spacial score (nSPS) is 11.6. The minimum Gasteiger partial charge on any atom is -0.338 e. The Morgan fingerprint density at radius 3 is 2.54 bits per heavy atom. The van der Waals surface area contributed by atoms with Crippen molar-refractivity contribution in [1.82, 2.24) is 14.9 Å². The lowest BCUT2D eigenvalue weighted by atomic mass is 10.1. The molecule has 0 saturated heterocycles. The molecular formula is C18H18ClN3O3S. The average Bonchev–Trinajstić information content (AvgIpc) is 3.10. The van der Waals surface area contributed by atoms with E-state index in [1.165, 1.54) is 0 Å². The van der Waals surface area contributed by atoms with Crippen LogP contribution in [0, 0.1) is 0 Å². The van der Waals surface area contributed by atoms with E-state index in [1.54, 1.807) is 18.2 Å². The lowest BCUT2D eigenvalue weighted by Gasteiger charge is -2.04. The summed E-state index contributed by atoms with van der Waals surface area (Å²) in [6, 6.07) is 16.9. The second-order valence-electron chi connectivity index (χ2n) is 5.72. The zero-order chi connectivity index (χ0) is 18.4. The van der Waals surface area contributed by atoms with Gasteiger partial charge in [-0.2, -0.15) is 4.98 Å². The van der Waals surface area contributed by atoms with Gasteiger partial charge in [0.15, 0.2) is 0 Å². The van der Waals surface area contributed by atoms with E-state index < -0.39 is 10.0 Å². The Balaban J connectivity index is 1.52. The molecule has 0 radical (unpaired) electrons. The third-order valence-electron chi connectivity index (χ3n) is 3.75. The SMILES string of the molecule is O=S(=O)(CCCc1ccccc1)NCc1nc(-c2ccccc2Cl)no1. The van der Waals surface area contributed by atoms with Crippen LogP contribution in [-0.4, -0.2) is 24.3 Å². The van der Waals surface area contributed by atoms with E-state index in [4.69, 9.17) is 16.1 Å². The molecule has 6 nitrogen and oxygen atoms in total. The van der Waals surface area contributed by atoms with Crippen LogP contribution in [0.15, 0.2) is 59.1 Å². The van der Waals surface area contributed by atoms with E-state index in [1.807, 2.05) is 36.4 Å². The highest BCUT2D eigenvalue weighted by Gasteiger charge is 2.15. The van der Waals surface area contributed by atoms with Crippen LogP contribution in [0.25, 0.3) is 11.4 Å². The van der Waals surface area contributed by atoms with Crippen LogP contribution >= 0.6 is 11.6 Å². The number of aromatic nitrogens is 2. The van der Waals surface area contributed by atoms with Crippen molar-refractivity contribution < 1.29 is 12.9 Å². The zero-order valence-electron chi connectivity index (χ0n) is 13.9. The van der Waals surface area contributed by atoms with Gasteiger partial charge in [-0.15, -0.1) is 0 Å². The van der Waals surface area contributed by atoms with Crippen LogP contribution in [0.5, 0.6) is 0 Å². The van der Waals surface area contributed by atoms with Gasteiger partial charge < -0.3 is 4.52 Å². The fraction of sp³-hybridized carbons (Fsp3) is 0.222. The Hall–Kier alpha value is -2.22. The third kappa shape index (κ3) is 5.14. The fourth-order valence-electron chi connectivity index (χ4n) is 2.43. The van der Waals surface area contributed by atoms with Gasteiger partial charge in [0.25, 0.3) is 0 Å². The number of nitrogens with one attached hydrogen (secondary N) is 1. The van der Waals surface area contributed by atoms with Gasteiger partial charge in [-0.25, -0.2) is 13.1 Å². The highest BCUT2D eigenvalue weighted by Crippen LogP contribution is 2.24. The standard InChI is InChI=1S/C18H18ClN3O3S/c19-16-11-5-4-10-15(16)18-21-17(25-22-18)13-20-26(23,24)12-6-9-14-7-2-1-3-8-14/h1-5,7-8,10-11,20H,6,9,12-13H2. The summed E-state index contributed by atoms with van der Waals surface area (Å²) in [6.07, 6.45) is 1.24. The molecule has 136 valence electrons. The Morgan fingerprint density at radius 1 is 1.04 bits per heavy atom.